The molecule has 1 aromatic rings. The van der Waals surface area contributed by atoms with Gasteiger partial charge in [0.15, 0.2) is 0 Å². The number of aliphatic hydroxyl groups is 3. The van der Waals surface area contributed by atoms with Crippen molar-refractivity contribution >= 4 is 0 Å². The largest absolute Gasteiger partial charge is 0.390 e. The third-order valence-electron chi connectivity index (χ3n) is 11.9. The van der Waals surface area contributed by atoms with Crippen LogP contribution < -0.4 is 0 Å². The van der Waals surface area contributed by atoms with E-state index < -0.39 is 36.1 Å². The van der Waals surface area contributed by atoms with Crippen molar-refractivity contribution in [3.63, 3.8) is 0 Å². The molecule has 3 N–H and O–H groups in total. The van der Waals surface area contributed by atoms with Gasteiger partial charge in [0.1, 0.15) is 5.82 Å². The van der Waals surface area contributed by atoms with Gasteiger partial charge in [0.05, 0.1) is 18.3 Å². The smallest absolute Gasteiger partial charge is 0.251 e. The van der Waals surface area contributed by atoms with E-state index in [0.717, 1.165) is 38.5 Å². The van der Waals surface area contributed by atoms with Crippen molar-refractivity contribution in [3.05, 3.63) is 35.6 Å². The number of hydrogen-bond donors (Lipinski definition) is 3. The third kappa shape index (κ3) is 4.47. The van der Waals surface area contributed by atoms with Gasteiger partial charge in [-0.15, -0.1) is 0 Å². The second-order valence-corrected chi connectivity index (χ2v) is 13.6. The lowest BCUT2D eigenvalue weighted by Crippen LogP contribution is -2.64. The van der Waals surface area contributed by atoms with Crippen LogP contribution in [0, 0.1) is 52.2 Å². The van der Waals surface area contributed by atoms with Gasteiger partial charge in [0.25, 0.3) is 5.92 Å². The predicted molar refractivity (Wildman–Crippen MR) is 137 cm³/mol. The van der Waals surface area contributed by atoms with Gasteiger partial charge in [-0.25, -0.2) is 13.2 Å². The summed E-state index contributed by atoms with van der Waals surface area (Å²) in [6, 6.07) is 6.36. The highest BCUT2D eigenvalue weighted by Crippen LogP contribution is 2.71. The van der Waals surface area contributed by atoms with Crippen molar-refractivity contribution in [3.8, 4) is 0 Å². The number of fused-ring (bicyclic) bond motifs is 5. The Labute approximate surface area is 219 Å². The Morgan fingerprint density at radius 3 is 2.32 bits per heavy atom. The number of benzene rings is 1. The topological polar surface area (TPSA) is 60.7 Å². The van der Waals surface area contributed by atoms with Crippen molar-refractivity contribution in [1.29, 1.82) is 0 Å². The molecule has 0 amide bonds. The first-order valence-corrected chi connectivity index (χ1v) is 14.6. The number of halogens is 3. The van der Waals surface area contributed by atoms with Crippen molar-refractivity contribution in [2.45, 2.75) is 109 Å². The molecular weight excluding hydrogens is 477 g/mol. The quantitative estimate of drug-likeness (QED) is 0.381. The molecule has 1 aromatic carbocycles. The molecule has 208 valence electrons. The second kappa shape index (κ2) is 9.82. The van der Waals surface area contributed by atoms with Crippen molar-refractivity contribution in [2.24, 2.45) is 46.3 Å². The summed E-state index contributed by atoms with van der Waals surface area (Å²) in [7, 11) is 0. The van der Waals surface area contributed by atoms with Crippen LogP contribution in [0.1, 0.15) is 96.6 Å². The molecule has 4 fully saturated rings. The minimum absolute atomic E-state index is 0.0283. The van der Waals surface area contributed by atoms with Gasteiger partial charge in [-0.3, -0.25) is 0 Å². The zero-order chi connectivity index (χ0) is 26.8. The fraction of sp³-hybridized carbons (Fsp3) is 0.806. The predicted octanol–water partition coefficient (Wildman–Crippen LogP) is 6.90. The lowest BCUT2D eigenvalue weighted by atomic mass is 9.43. The number of hydrogen-bond acceptors (Lipinski definition) is 3. The molecule has 0 aliphatic heterocycles. The van der Waals surface area contributed by atoms with Gasteiger partial charge in [-0.2, -0.15) is 0 Å². The Kier molecular flexibility index (Phi) is 7.28. The molecule has 0 heterocycles. The first-order chi connectivity index (χ1) is 17.4. The molecule has 3 nitrogen and oxygen atoms in total. The van der Waals surface area contributed by atoms with Crippen LogP contribution in [-0.2, 0) is 0 Å². The van der Waals surface area contributed by atoms with E-state index in [1.807, 2.05) is 0 Å². The summed E-state index contributed by atoms with van der Waals surface area (Å²) in [4.78, 5) is 0. The summed E-state index contributed by atoms with van der Waals surface area (Å²) in [5, 5.41) is 31.4. The first-order valence-electron chi connectivity index (χ1n) is 14.6. The van der Waals surface area contributed by atoms with Gasteiger partial charge < -0.3 is 15.3 Å². The van der Waals surface area contributed by atoms with Gasteiger partial charge >= 0.3 is 0 Å². The van der Waals surface area contributed by atoms with E-state index in [-0.39, 0.29) is 34.9 Å². The second-order valence-electron chi connectivity index (χ2n) is 13.6. The molecular formula is C31H45F3O3. The highest BCUT2D eigenvalue weighted by atomic mass is 19.3. The molecule has 0 aromatic heterocycles. The zero-order valence-electron chi connectivity index (χ0n) is 22.6. The Morgan fingerprint density at radius 2 is 1.59 bits per heavy atom. The van der Waals surface area contributed by atoms with Gasteiger partial charge in [0, 0.05) is 17.9 Å². The minimum atomic E-state index is -2.83. The van der Waals surface area contributed by atoms with Crippen LogP contribution >= 0.6 is 0 Å². The minimum Gasteiger partial charge on any atom is -0.390 e. The summed E-state index contributed by atoms with van der Waals surface area (Å²) >= 11 is 0. The highest BCUT2D eigenvalue weighted by molar-refractivity contribution is 5.19. The number of alkyl halides is 2. The van der Waals surface area contributed by atoms with Gasteiger partial charge in [-0.1, -0.05) is 51.8 Å². The highest BCUT2D eigenvalue weighted by Gasteiger charge is 2.69. The Hall–Kier alpha value is -1.11. The van der Waals surface area contributed by atoms with E-state index in [9.17, 15) is 19.7 Å². The molecule has 4 saturated carbocycles. The molecule has 0 spiro atoms. The Morgan fingerprint density at radius 1 is 0.919 bits per heavy atom. The van der Waals surface area contributed by atoms with Crippen LogP contribution in [-0.4, -0.2) is 33.5 Å². The zero-order valence-corrected chi connectivity index (χ0v) is 22.6. The average molecular weight is 523 g/mol. The standard InChI is InChI=1S/C31H45F3O3/c1-18(7-6-10-25(35)19-8-4-5-9-24(19)32)20-11-12-21-27-22(13-15-29(20,21)2)30(3)16-14-26(36)28(37)23(30)17-31(27,33)34/h4-5,8-9,18,20-23,25-28,35-37H,6-7,10-17H2,1-3H3/t18-,20-,21+,22+,23+,25?,26+,27+,28-,29-,30-/m1/s1. The number of aliphatic hydroxyl groups excluding tert-OH is 3. The van der Waals surface area contributed by atoms with E-state index >= 15 is 8.78 Å². The van der Waals surface area contributed by atoms with Gasteiger partial charge in [0.2, 0.25) is 0 Å². The van der Waals surface area contributed by atoms with Crippen molar-refractivity contribution < 1.29 is 28.5 Å². The fourth-order valence-corrected chi connectivity index (χ4v) is 9.90. The lowest BCUT2D eigenvalue weighted by Gasteiger charge is -2.63. The molecule has 5 rings (SSSR count). The van der Waals surface area contributed by atoms with Gasteiger partial charge in [-0.05, 0) is 91.4 Å². The van der Waals surface area contributed by atoms with E-state index in [4.69, 9.17) is 0 Å². The van der Waals surface area contributed by atoms with E-state index in [2.05, 4.69) is 20.8 Å². The van der Waals surface area contributed by atoms with E-state index in [1.165, 1.54) is 6.07 Å². The van der Waals surface area contributed by atoms with Crippen LogP contribution in [0.2, 0.25) is 0 Å². The first kappa shape index (κ1) is 27.5. The van der Waals surface area contributed by atoms with Crippen LogP contribution in [0.3, 0.4) is 0 Å². The lowest BCUT2D eigenvalue weighted by molar-refractivity contribution is -0.258. The fourth-order valence-electron chi connectivity index (χ4n) is 9.90. The maximum Gasteiger partial charge on any atom is 0.251 e. The summed E-state index contributed by atoms with van der Waals surface area (Å²) in [6.07, 6.45) is 3.75. The van der Waals surface area contributed by atoms with Crippen LogP contribution in [0.4, 0.5) is 13.2 Å². The monoisotopic (exact) mass is 522 g/mol. The van der Waals surface area contributed by atoms with Crippen LogP contribution in [0.5, 0.6) is 0 Å². The summed E-state index contributed by atoms with van der Waals surface area (Å²) in [5.41, 5.74) is -0.142. The average Bonchev–Trinajstić information content (AvgIpc) is 3.20. The molecule has 1 unspecified atom stereocenters. The van der Waals surface area contributed by atoms with E-state index in [0.29, 0.717) is 36.7 Å². The third-order valence-corrected chi connectivity index (χ3v) is 11.9. The van der Waals surface area contributed by atoms with Crippen molar-refractivity contribution in [1.82, 2.24) is 0 Å². The SMILES string of the molecule is C[C@H](CCCC(O)c1ccccc1F)[C@H]1CC[C@H]2[C@H]3[C@H](CC[C@]12C)[C@@]1(C)CC[C@H](O)[C@H](O)[C@@H]1CC3(F)F. The molecule has 4 aliphatic rings. The maximum absolute atomic E-state index is 16.0. The van der Waals surface area contributed by atoms with Crippen molar-refractivity contribution in [2.75, 3.05) is 0 Å². The van der Waals surface area contributed by atoms with Crippen LogP contribution in [0.15, 0.2) is 24.3 Å². The van der Waals surface area contributed by atoms with E-state index in [1.54, 1.807) is 18.2 Å². The molecule has 0 radical (unpaired) electrons. The normalized spacial score (nSPS) is 44.4. The molecule has 4 aliphatic carbocycles. The number of rotatable bonds is 6. The maximum atomic E-state index is 16.0. The molecule has 0 bridgehead atoms. The summed E-state index contributed by atoms with van der Waals surface area (Å²) in [6.45, 7) is 6.59. The summed E-state index contributed by atoms with van der Waals surface area (Å²) in [5.74, 6) is -3.85. The summed E-state index contributed by atoms with van der Waals surface area (Å²) < 4.78 is 45.9. The van der Waals surface area contributed by atoms with Crippen LogP contribution in [0.25, 0.3) is 0 Å². The molecule has 6 heteroatoms. The molecule has 0 saturated heterocycles. The Bertz CT molecular complexity index is 971. The molecule has 11 atom stereocenters. The Balaban J connectivity index is 1.28. The molecule has 37 heavy (non-hydrogen) atoms.